The number of hydrogen-bond acceptors (Lipinski definition) is 4. The highest BCUT2D eigenvalue weighted by Gasteiger charge is 2.10. The first-order chi connectivity index (χ1) is 8.63. The van der Waals surface area contributed by atoms with E-state index >= 15 is 0 Å². The van der Waals surface area contributed by atoms with E-state index in [0.717, 1.165) is 18.8 Å². The zero-order chi connectivity index (χ0) is 13.5. The summed E-state index contributed by atoms with van der Waals surface area (Å²) in [6.45, 7) is 4.32. The quantitative estimate of drug-likeness (QED) is 0.743. The van der Waals surface area contributed by atoms with E-state index in [9.17, 15) is 4.79 Å². The minimum atomic E-state index is -0.131. The molecule has 0 radical (unpaired) electrons. The molecule has 5 heteroatoms. The number of anilines is 2. The summed E-state index contributed by atoms with van der Waals surface area (Å²) >= 11 is 0. The summed E-state index contributed by atoms with van der Waals surface area (Å²) in [7, 11) is 3.27. The van der Waals surface area contributed by atoms with E-state index in [4.69, 9.17) is 10.5 Å². The Labute approximate surface area is 108 Å². The number of carbonyl (C=O) groups excluding carboxylic acids is 1. The molecule has 0 saturated heterocycles. The van der Waals surface area contributed by atoms with Gasteiger partial charge in [-0.1, -0.05) is 0 Å². The fourth-order valence-electron chi connectivity index (χ4n) is 1.78. The van der Waals surface area contributed by atoms with Crippen LogP contribution >= 0.6 is 0 Å². The van der Waals surface area contributed by atoms with Crippen molar-refractivity contribution >= 4 is 17.3 Å². The molecule has 0 saturated carbocycles. The predicted molar refractivity (Wildman–Crippen MR) is 74.0 cm³/mol. The van der Waals surface area contributed by atoms with E-state index in [0.29, 0.717) is 17.9 Å². The molecule has 18 heavy (non-hydrogen) atoms. The van der Waals surface area contributed by atoms with Crippen molar-refractivity contribution in [3.8, 4) is 0 Å². The second-order valence-electron chi connectivity index (χ2n) is 3.93. The summed E-state index contributed by atoms with van der Waals surface area (Å²) in [5.41, 5.74) is 8.11. The molecule has 5 nitrogen and oxygen atoms in total. The number of benzene rings is 1. The van der Waals surface area contributed by atoms with Gasteiger partial charge in [0.1, 0.15) is 0 Å². The number of hydrogen-bond donors (Lipinski definition) is 2. The Morgan fingerprint density at radius 3 is 2.72 bits per heavy atom. The lowest BCUT2D eigenvalue weighted by Crippen LogP contribution is -2.28. The van der Waals surface area contributed by atoms with Gasteiger partial charge in [-0.3, -0.25) is 4.79 Å². The van der Waals surface area contributed by atoms with E-state index in [-0.39, 0.29) is 5.91 Å². The van der Waals surface area contributed by atoms with E-state index in [1.807, 2.05) is 6.07 Å². The van der Waals surface area contributed by atoms with Crippen molar-refractivity contribution < 1.29 is 9.53 Å². The molecule has 0 spiro atoms. The van der Waals surface area contributed by atoms with Gasteiger partial charge in [0.15, 0.2) is 0 Å². The van der Waals surface area contributed by atoms with Crippen LogP contribution in [0.2, 0.25) is 0 Å². The molecular formula is C13H21N3O2. The van der Waals surface area contributed by atoms with Crippen LogP contribution in [0.1, 0.15) is 17.3 Å². The fourth-order valence-corrected chi connectivity index (χ4v) is 1.78. The minimum absolute atomic E-state index is 0.131. The van der Waals surface area contributed by atoms with Crippen LogP contribution in [0.3, 0.4) is 0 Å². The van der Waals surface area contributed by atoms with Gasteiger partial charge in [0, 0.05) is 32.8 Å². The Morgan fingerprint density at radius 1 is 1.50 bits per heavy atom. The summed E-state index contributed by atoms with van der Waals surface area (Å²) in [4.78, 5) is 13.6. The number of nitrogens with two attached hydrogens (primary N) is 1. The average molecular weight is 251 g/mol. The molecule has 0 fully saturated rings. The summed E-state index contributed by atoms with van der Waals surface area (Å²) in [6.07, 6.45) is 0. The molecule has 3 N–H and O–H groups in total. The number of nitrogen functional groups attached to an aromatic ring is 1. The Hall–Kier alpha value is -1.75. The number of carbonyl (C=O) groups is 1. The Kier molecular flexibility index (Phi) is 5.45. The molecule has 0 heterocycles. The molecular weight excluding hydrogens is 230 g/mol. The van der Waals surface area contributed by atoms with Crippen LogP contribution in [0.5, 0.6) is 0 Å². The lowest BCUT2D eigenvalue weighted by atomic mass is 10.1. The number of nitrogens with zero attached hydrogens (tertiary/aromatic N) is 1. The number of nitrogens with one attached hydrogen (secondary N) is 1. The normalized spacial score (nSPS) is 10.2. The Bertz CT molecular complexity index is 407. The molecule has 1 amide bonds. The Balaban J connectivity index is 2.92. The van der Waals surface area contributed by atoms with Gasteiger partial charge < -0.3 is 20.7 Å². The van der Waals surface area contributed by atoms with Crippen molar-refractivity contribution in [1.82, 2.24) is 5.32 Å². The fraction of sp³-hybridized carbons (Fsp3) is 0.462. The van der Waals surface area contributed by atoms with Crippen molar-refractivity contribution in [3.05, 3.63) is 23.8 Å². The molecule has 100 valence electrons. The summed E-state index contributed by atoms with van der Waals surface area (Å²) in [5.74, 6) is -0.131. The lowest BCUT2D eigenvalue weighted by Gasteiger charge is -2.24. The molecule has 0 bridgehead atoms. The first kappa shape index (κ1) is 14.3. The molecule has 1 aromatic rings. The predicted octanol–water partition coefficient (Wildman–Crippen LogP) is 1.10. The lowest BCUT2D eigenvalue weighted by molar-refractivity contribution is 0.0963. The number of amides is 1. The Morgan fingerprint density at radius 2 is 2.22 bits per heavy atom. The van der Waals surface area contributed by atoms with Gasteiger partial charge >= 0.3 is 0 Å². The van der Waals surface area contributed by atoms with Crippen molar-refractivity contribution in [2.24, 2.45) is 0 Å². The van der Waals surface area contributed by atoms with Gasteiger partial charge in [-0.25, -0.2) is 0 Å². The van der Waals surface area contributed by atoms with E-state index < -0.39 is 0 Å². The van der Waals surface area contributed by atoms with Gasteiger partial charge in [-0.05, 0) is 25.1 Å². The molecule has 0 unspecified atom stereocenters. The third kappa shape index (κ3) is 3.37. The molecule has 1 rings (SSSR count). The first-order valence-corrected chi connectivity index (χ1v) is 5.99. The highest BCUT2D eigenvalue weighted by Crippen LogP contribution is 2.24. The van der Waals surface area contributed by atoms with E-state index in [1.165, 1.54) is 0 Å². The minimum Gasteiger partial charge on any atom is -0.397 e. The molecule has 0 aliphatic rings. The van der Waals surface area contributed by atoms with Gasteiger partial charge in [-0.15, -0.1) is 0 Å². The van der Waals surface area contributed by atoms with Gasteiger partial charge in [-0.2, -0.15) is 0 Å². The average Bonchev–Trinajstić information content (AvgIpc) is 2.40. The van der Waals surface area contributed by atoms with Crippen LogP contribution in [-0.4, -0.2) is 39.8 Å². The van der Waals surface area contributed by atoms with E-state index in [1.54, 1.807) is 26.3 Å². The van der Waals surface area contributed by atoms with Crippen molar-refractivity contribution in [3.63, 3.8) is 0 Å². The first-order valence-electron chi connectivity index (χ1n) is 5.99. The number of likely N-dealkylation sites (N-methyl/N-ethyl adjacent to an activating group) is 1. The highest BCUT2D eigenvalue weighted by molar-refractivity contribution is 5.96. The molecule has 0 atom stereocenters. The SMILES string of the molecule is CCN(CCOC)c1ccc(C(=O)NC)cc1N. The zero-order valence-electron chi connectivity index (χ0n) is 11.2. The zero-order valence-corrected chi connectivity index (χ0v) is 11.2. The second kappa shape index (κ2) is 6.86. The summed E-state index contributed by atoms with van der Waals surface area (Å²) < 4.78 is 5.07. The van der Waals surface area contributed by atoms with Crippen LogP contribution in [0.15, 0.2) is 18.2 Å². The van der Waals surface area contributed by atoms with Gasteiger partial charge in [0.25, 0.3) is 5.91 Å². The monoisotopic (exact) mass is 251 g/mol. The van der Waals surface area contributed by atoms with Crippen LogP contribution in [0, 0.1) is 0 Å². The van der Waals surface area contributed by atoms with Crippen molar-refractivity contribution in [1.29, 1.82) is 0 Å². The van der Waals surface area contributed by atoms with Crippen LogP contribution in [0.25, 0.3) is 0 Å². The summed E-state index contributed by atoms with van der Waals surface area (Å²) in [5, 5.41) is 2.58. The van der Waals surface area contributed by atoms with Crippen molar-refractivity contribution in [2.45, 2.75) is 6.92 Å². The molecule has 0 aliphatic carbocycles. The van der Waals surface area contributed by atoms with Crippen molar-refractivity contribution in [2.75, 3.05) is 44.5 Å². The molecule has 0 aromatic heterocycles. The number of rotatable bonds is 6. The van der Waals surface area contributed by atoms with Gasteiger partial charge in [0.05, 0.1) is 18.0 Å². The third-order valence-electron chi connectivity index (χ3n) is 2.80. The largest absolute Gasteiger partial charge is 0.397 e. The third-order valence-corrected chi connectivity index (χ3v) is 2.80. The van der Waals surface area contributed by atoms with Crippen LogP contribution < -0.4 is 16.0 Å². The smallest absolute Gasteiger partial charge is 0.251 e. The topological polar surface area (TPSA) is 67.6 Å². The summed E-state index contributed by atoms with van der Waals surface area (Å²) in [6, 6.07) is 5.35. The number of ether oxygens (including phenoxy) is 1. The maximum absolute atomic E-state index is 11.5. The van der Waals surface area contributed by atoms with Crippen LogP contribution in [0.4, 0.5) is 11.4 Å². The van der Waals surface area contributed by atoms with E-state index in [2.05, 4.69) is 17.1 Å². The van der Waals surface area contributed by atoms with Gasteiger partial charge in [0.2, 0.25) is 0 Å². The maximum Gasteiger partial charge on any atom is 0.251 e. The molecule has 0 aliphatic heterocycles. The second-order valence-corrected chi connectivity index (χ2v) is 3.93. The number of methoxy groups -OCH3 is 1. The highest BCUT2D eigenvalue weighted by atomic mass is 16.5. The van der Waals surface area contributed by atoms with Crippen LogP contribution in [-0.2, 0) is 4.74 Å². The maximum atomic E-state index is 11.5. The standard InChI is InChI=1S/C13H21N3O2/c1-4-16(7-8-18-3)12-6-5-10(9-11(12)14)13(17)15-2/h5-6,9H,4,7-8,14H2,1-3H3,(H,15,17). The molecule has 1 aromatic carbocycles.